The fraction of sp³-hybridized carbons (Fsp3) is 0.111. The second-order valence-corrected chi connectivity index (χ2v) is 7.12. The molecule has 27 heavy (non-hydrogen) atoms. The van der Waals surface area contributed by atoms with Gasteiger partial charge in [0, 0.05) is 11.1 Å². The van der Waals surface area contributed by atoms with Gasteiger partial charge in [-0.05, 0) is 48.5 Å². The Bertz CT molecular complexity index is 1030. The van der Waals surface area contributed by atoms with Gasteiger partial charge in [0.05, 0.1) is 37.2 Å². The molecular weight excluding hydrogens is 368 g/mol. The van der Waals surface area contributed by atoms with Crippen molar-refractivity contribution in [3.8, 4) is 22.8 Å². The van der Waals surface area contributed by atoms with Gasteiger partial charge in [-0.15, -0.1) is 0 Å². The number of hydrazone groups is 1. The van der Waals surface area contributed by atoms with Gasteiger partial charge >= 0.3 is 0 Å². The summed E-state index contributed by atoms with van der Waals surface area (Å²) in [5.41, 5.74) is 2.22. The summed E-state index contributed by atoms with van der Waals surface area (Å²) in [4.78, 5) is 2.27. The average Bonchev–Trinajstić information content (AvgIpc) is 3.16. The largest absolute Gasteiger partial charge is 0.497 e. The van der Waals surface area contributed by atoms with Crippen LogP contribution < -0.4 is 14.3 Å². The monoisotopic (exact) mass is 386 g/mol. The number of methoxy groups -OCH3 is 2. The molecule has 0 amide bonds. The smallest absolute Gasteiger partial charge is 0.276 e. The van der Waals surface area contributed by atoms with E-state index in [2.05, 4.69) is 20.1 Å². The molecule has 2 aromatic carbocycles. The highest BCUT2D eigenvalue weighted by Gasteiger charge is 2.13. The number of rotatable bonds is 7. The molecular formula is C18H18N4O4S. The standard InChI is InChI=1S/C18H18N4O4S/c1-25-15-5-3-13(4-6-15)18-14(11-19-21-18)12-20-22-27(23,24)17-9-7-16(26-2)8-10-17/h3-12,22H,1-2H3,(H,19,21)/b20-12-. The Balaban J connectivity index is 1.75. The Labute approximate surface area is 156 Å². The molecule has 1 heterocycles. The second-order valence-electron chi connectivity index (χ2n) is 5.46. The van der Waals surface area contributed by atoms with E-state index in [1.165, 1.54) is 25.5 Å². The van der Waals surface area contributed by atoms with Crippen LogP contribution in [0, 0.1) is 0 Å². The number of aromatic amines is 1. The molecule has 0 aliphatic rings. The summed E-state index contributed by atoms with van der Waals surface area (Å²) in [6.07, 6.45) is 2.95. The zero-order valence-electron chi connectivity index (χ0n) is 14.7. The van der Waals surface area contributed by atoms with Gasteiger partial charge in [0.2, 0.25) is 0 Å². The van der Waals surface area contributed by atoms with Gasteiger partial charge in [-0.1, -0.05) is 0 Å². The third-order valence-electron chi connectivity index (χ3n) is 3.79. The number of nitrogens with one attached hydrogen (secondary N) is 2. The number of aromatic nitrogens is 2. The SMILES string of the molecule is COc1ccc(-c2[nH]ncc2/C=N\NS(=O)(=O)c2ccc(OC)cc2)cc1. The minimum Gasteiger partial charge on any atom is -0.497 e. The number of hydrogen-bond acceptors (Lipinski definition) is 6. The molecule has 0 aliphatic carbocycles. The first-order chi connectivity index (χ1) is 13.0. The van der Waals surface area contributed by atoms with Crippen molar-refractivity contribution in [1.82, 2.24) is 15.0 Å². The van der Waals surface area contributed by atoms with E-state index in [4.69, 9.17) is 9.47 Å². The van der Waals surface area contributed by atoms with Crippen LogP contribution in [0.5, 0.6) is 11.5 Å². The molecule has 0 spiro atoms. The molecule has 140 valence electrons. The van der Waals surface area contributed by atoms with E-state index in [1.54, 1.807) is 25.4 Å². The summed E-state index contributed by atoms with van der Waals surface area (Å²) in [5, 5.41) is 10.7. The quantitative estimate of drug-likeness (QED) is 0.479. The van der Waals surface area contributed by atoms with E-state index in [-0.39, 0.29) is 4.90 Å². The molecule has 0 bridgehead atoms. The summed E-state index contributed by atoms with van der Waals surface area (Å²) < 4.78 is 34.7. The zero-order valence-corrected chi connectivity index (χ0v) is 15.5. The predicted octanol–water partition coefficient (Wildman–Crippen LogP) is 2.41. The van der Waals surface area contributed by atoms with E-state index in [0.717, 1.165) is 11.3 Å². The van der Waals surface area contributed by atoms with Crippen molar-refractivity contribution in [3.63, 3.8) is 0 Å². The molecule has 0 unspecified atom stereocenters. The Kier molecular flexibility index (Phi) is 5.41. The zero-order chi connectivity index (χ0) is 19.3. The lowest BCUT2D eigenvalue weighted by Gasteiger charge is -2.05. The molecule has 0 aliphatic heterocycles. The maximum absolute atomic E-state index is 12.3. The van der Waals surface area contributed by atoms with Crippen LogP contribution in [-0.4, -0.2) is 39.0 Å². The van der Waals surface area contributed by atoms with Crippen molar-refractivity contribution in [1.29, 1.82) is 0 Å². The third kappa shape index (κ3) is 4.26. The number of ether oxygens (including phenoxy) is 2. The molecule has 9 heteroatoms. The van der Waals surface area contributed by atoms with Crippen molar-refractivity contribution in [3.05, 3.63) is 60.3 Å². The summed E-state index contributed by atoms with van der Waals surface area (Å²) in [5.74, 6) is 1.31. The fourth-order valence-corrected chi connectivity index (χ4v) is 3.15. The topological polar surface area (TPSA) is 106 Å². The van der Waals surface area contributed by atoms with E-state index in [1.807, 2.05) is 24.3 Å². The van der Waals surface area contributed by atoms with Gasteiger partial charge in [0.25, 0.3) is 10.0 Å². The normalized spacial score (nSPS) is 11.5. The van der Waals surface area contributed by atoms with Crippen LogP contribution in [0.4, 0.5) is 0 Å². The van der Waals surface area contributed by atoms with Crippen LogP contribution in [0.15, 0.2) is 64.7 Å². The molecule has 1 aromatic heterocycles. The molecule has 3 rings (SSSR count). The lowest BCUT2D eigenvalue weighted by Crippen LogP contribution is -2.18. The van der Waals surface area contributed by atoms with Gasteiger partial charge in [-0.25, -0.2) is 4.83 Å². The van der Waals surface area contributed by atoms with Crippen LogP contribution in [0.3, 0.4) is 0 Å². The third-order valence-corrected chi connectivity index (χ3v) is 5.03. The minimum absolute atomic E-state index is 0.0861. The molecule has 0 saturated heterocycles. The number of H-pyrrole nitrogens is 1. The Morgan fingerprint density at radius 1 is 1.00 bits per heavy atom. The van der Waals surface area contributed by atoms with Crippen molar-refractivity contribution >= 4 is 16.2 Å². The predicted molar refractivity (Wildman–Crippen MR) is 101 cm³/mol. The first kappa shape index (κ1) is 18.5. The summed E-state index contributed by atoms with van der Waals surface area (Å²) in [6.45, 7) is 0. The first-order valence-corrected chi connectivity index (χ1v) is 9.38. The average molecular weight is 386 g/mol. The van der Waals surface area contributed by atoms with Crippen LogP contribution in [0.25, 0.3) is 11.3 Å². The number of benzene rings is 2. The minimum atomic E-state index is -3.78. The Hall–Kier alpha value is -3.33. The van der Waals surface area contributed by atoms with Gasteiger partial charge in [-0.3, -0.25) is 5.10 Å². The maximum atomic E-state index is 12.3. The highest BCUT2D eigenvalue weighted by molar-refractivity contribution is 7.89. The van der Waals surface area contributed by atoms with E-state index >= 15 is 0 Å². The van der Waals surface area contributed by atoms with Crippen molar-refractivity contribution in [2.75, 3.05) is 14.2 Å². The fourth-order valence-electron chi connectivity index (χ4n) is 2.36. The van der Waals surface area contributed by atoms with E-state index < -0.39 is 10.0 Å². The lowest BCUT2D eigenvalue weighted by molar-refractivity contribution is 0.414. The van der Waals surface area contributed by atoms with Crippen molar-refractivity contribution in [2.24, 2.45) is 5.10 Å². The van der Waals surface area contributed by atoms with Crippen LogP contribution in [0.2, 0.25) is 0 Å². The van der Waals surface area contributed by atoms with Crippen LogP contribution in [0.1, 0.15) is 5.56 Å². The number of sulfonamides is 1. The van der Waals surface area contributed by atoms with Crippen LogP contribution >= 0.6 is 0 Å². The molecule has 8 nitrogen and oxygen atoms in total. The van der Waals surface area contributed by atoms with Crippen molar-refractivity contribution in [2.45, 2.75) is 4.90 Å². The maximum Gasteiger partial charge on any atom is 0.276 e. The molecule has 0 fully saturated rings. The molecule has 0 saturated carbocycles. The van der Waals surface area contributed by atoms with Crippen LogP contribution in [-0.2, 0) is 10.0 Å². The highest BCUT2D eigenvalue weighted by Crippen LogP contribution is 2.22. The second kappa shape index (κ2) is 7.92. The van der Waals surface area contributed by atoms with E-state index in [9.17, 15) is 8.42 Å². The van der Waals surface area contributed by atoms with Gasteiger partial charge in [0.1, 0.15) is 11.5 Å². The molecule has 0 radical (unpaired) electrons. The summed E-state index contributed by atoms with van der Waals surface area (Å²) >= 11 is 0. The number of hydrogen-bond donors (Lipinski definition) is 2. The highest BCUT2D eigenvalue weighted by atomic mass is 32.2. The van der Waals surface area contributed by atoms with Gasteiger partial charge in [-0.2, -0.15) is 18.6 Å². The molecule has 3 aromatic rings. The Morgan fingerprint density at radius 3 is 2.19 bits per heavy atom. The van der Waals surface area contributed by atoms with Crippen molar-refractivity contribution < 1.29 is 17.9 Å². The first-order valence-electron chi connectivity index (χ1n) is 7.90. The summed E-state index contributed by atoms with van der Waals surface area (Å²) in [7, 11) is -0.669. The van der Waals surface area contributed by atoms with Gasteiger partial charge < -0.3 is 9.47 Å². The number of nitrogens with zero attached hydrogens (tertiary/aromatic N) is 2. The van der Waals surface area contributed by atoms with E-state index in [0.29, 0.717) is 17.0 Å². The molecule has 2 N–H and O–H groups in total. The lowest BCUT2D eigenvalue weighted by atomic mass is 10.1. The van der Waals surface area contributed by atoms with Gasteiger partial charge in [0.15, 0.2) is 0 Å². The Morgan fingerprint density at radius 2 is 1.59 bits per heavy atom. The molecule has 0 atom stereocenters. The summed E-state index contributed by atoms with van der Waals surface area (Å²) in [6, 6.07) is 13.4.